The van der Waals surface area contributed by atoms with Crippen LogP contribution >= 0.6 is 0 Å². The molecule has 0 bridgehead atoms. The second kappa shape index (κ2) is 6.79. The van der Waals surface area contributed by atoms with Gasteiger partial charge < -0.3 is 10.1 Å². The summed E-state index contributed by atoms with van der Waals surface area (Å²) in [7, 11) is 0. The third-order valence-corrected chi connectivity index (χ3v) is 3.10. The minimum Gasteiger partial charge on any atom is -0.494 e. The molecule has 0 aliphatic heterocycles. The summed E-state index contributed by atoms with van der Waals surface area (Å²) < 4.78 is 5.76. The molecule has 1 aromatic rings. The zero-order valence-corrected chi connectivity index (χ0v) is 12.5. The number of nitrogens with two attached hydrogens (primary N) is 1. The fourth-order valence-corrected chi connectivity index (χ4v) is 1.78. The standard InChI is InChI=1S/C16H27NO/c1-13-8-9-15(12-14(13)2)18-11-7-6-10-17-16(3,4)5/h8-9,12,17H,6-7,10-11H2,1-5H3/p+1. The van der Waals surface area contributed by atoms with Gasteiger partial charge in [-0.05, 0) is 70.7 Å². The lowest BCUT2D eigenvalue weighted by molar-refractivity contribution is -0.717. The lowest BCUT2D eigenvalue weighted by Crippen LogP contribution is -2.94. The summed E-state index contributed by atoms with van der Waals surface area (Å²) in [4.78, 5) is 0. The molecule has 0 heterocycles. The van der Waals surface area contributed by atoms with Crippen molar-refractivity contribution in [2.24, 2.45) is 0 Å². The Morgan fingerprint density at radius 1 is 1.06 bits per heavy atom. The van der Waals surface area contributed by atoms with Crippen LogP contribution in [0.2, 0.25) is 0 Å². The lowest BCUT2D eigenvalue weighted by Gasteiger charge is -2.16. The highest BCUT2D eigenvalue weighted by Gasteiger charge is 2.11. The van der Waals surface area contributed by atoms with Crippen molar-refractivity contribution in [1.29, 1.82) is 0 Å². The molecular weight excluding hydrogens is 222 g/mol. The molecule has 1 rings (SSSR count). The van der Waals surface area contributed by atoms with Gasteiger partial charge in [-0.15, -0.1) is 0 Å². The first-order valence-corrected chi connectivity index (χ1v) is 6.93. The third-order valence-electron chi connectivity index (χ3n) is 3.10. The van der Waals surface area contributed by atoms with Crippen molar-refractivity contribution in [2.45, 2.75) is 53.0 Å². The van der Waals surface area contributed by atoms with E-state index in [4.69, 9.17) is 4.74 Å². The Morgan fingerprint density at radius 2 is 1.78 bits per heavy atom. The molecule has 0 unspecified atom stereocenters. The number of hydrogen-bond acceptors (Lipinski definition) is 1. The van der Waals surface area contributed by atoms with Gasteiger partial charge in [-0.1, -0.05) is 6.07 Å². The molecule has 18 heavy (non-hydrogen) atoms. The maximum absolute atomic E-state index is 5.76. The molecule has 0 amide bonds. The van der Waals surface area contributed by atoms with Crippen molar-refractivity contribution in [3.63, 3.8) is 0 Å². The van der Waals surface area contributed by atoms with Crippen molar-refractivity contribution in [3.05, 3.63) is 29.3 Å². The van der Waals surface area contributed by atoms with Gasteiger partial charge in [-0.3, -0.25) is 0 Å². The van der Waals surface area contributed by atoms with Crippen molar-refractivity contribution in [1.82, 2.24) is 0 Å². The van der Waals surface area contributed by atoms with Crippen molar-refractivity contribution in [2.75, 3.05) is 13.2 Å². The van der Waals surface area contributed by atoms with Gasteiger partial charge in [0.1, 0.15) is 5.75 Å². The number of hydrogen-bond donors (Lipinski definition) is 1. The van der Waals surface area contributed by atoms with Crippen LogP contribution in [0.3, 0.4) is 0 Å². The van der Waals surface area contributed by atoms with Gasteiger partial charge in [0.15, 0.2) is 0 Å². The van der Waals surface area contributed by atoms with E-state index in [2.05, 4.69) is 58.1 Å². The molecule has 102 valence electrons. The molecule has 1 aromatic carbocycles. The van der Waals surface area contributed by atoms with Crippen LogP contribution in [-0.2, 0) is 0 Å². The van der Waals surface area contributed by atoms with Crippen LogP contribution in [0.5, 0.6) is 5.75 Å². The van der Waals surface area contributed by atoms with E-state index in [1.165, 1.54) is 24.1 Å². The number of aryl methyl sites for hydroxylation is 2. The Hall–Kier alpha value is -1.02. The van der Waals surface area contributed by atoms with Crippen LogP contribution in [0.25, 0.3) is 0 Å². The molecule has 2 nitrogen and oxygen atoms in total. The number of ether oxygens (including phenoxy) is 1. The quantitative estimate of drug-likeness (QED) is 0.772. The molecule has 0 atom stereocenters. The molecule has 0 saturated heterocycles. The first kappa shape index (κ1) is 15.0. The summed E-state index contributed by atoms with van der Waals surface area (Å²) in [5.74, 6) is 0.998. The van der Waals surface area contributed by atoms with Crippen LogP contribution in [0.4, 0.5) is 0 Å². The monoisotopic (exact) mass is 250 g/mol. The van der Waals surface area contributed by atoms with Crippen LogP contribution in [0.1, 0.15) is 44.7 Å². The van der Waals surface area contributed by atoms with Gasteiger partial charge in [-0.25, -0.2) is 0 Å². The molecule has 0 aromatic heterocycles. The largest absolute Gasteiger partial charge is 0.494 e. The van der Waals surface area contributed by atoms with E-state index in [0.29, 0.717) is 5.54 Å². The van der Waals surface area contributed by atoms with Gasteiger partial charge in [0.05, 0.1) is 18.7 Å². The van der Waals surface area contributed by atoms with E-state index in [9.17, 15) is 0 Å². The van der Waals surface area contributed by atoms with Gasteiger partial charge in [0, 0.05) is 0 Å². The van der Waals surface area contributed by atoms with Crippen LogP contribution < -0.4 is 10.1 Å². The predicted molar refractivity (Wildman–Crippen MR) is 77.2 cm³/mol. The summed E-state index contributed by atoms with van der Waals surface area (Å²) in [6.45, 7) is 13.0. The van der Waals surface area contributed by atoms with Crippen molar-refractivity contribution < 1.29 is 10.1 Å². The van der Waals surface area contributed by atoms with E-state index < -0.39 is 0 Å². The summed E-state index contributed by atoms with van der Waals surface area (Å²) in [6, 6.07) is 6.30. The Morgan fingerprint density at radius 3 is 2.39 bits per heavy atom. The fraction of sp³-hybridized carbons (Fsp3) is 0.625. The molecule has 0 aliphatic carbocycles. The molecule has 0 aliphatic rings. The average Bonchev–Trinajstić information content (AvgIpc) is 2.26. The van der Waals surface area contributed by atoms with Crippen LogP contribution in [0, 0.1) is 13.8 Å². The van der Waals surface area contributed by atoms with Crippen LogP contribution in [0.15, 0.2) is 18.2 Å². The lowest BCUT2D eigenvalue weighted by atomic mass is 10.1. The van der Waals surface area contributed by atoms with E-state index in [1.807, 2.05) is 0 Å². The van der Waals surface area contributed by atoms with Gasteiger partial charge in [0.25, 0.3) is 0 Å². The minimum absolute atomic E-state index is 0.342. The highest BCUT2D eigenvalue weighted by Crippen LogP contribution is 2.16. The second-order valence-corrected chi connectivity index (χ2v) is 6.16. The highest BCUT2D eigenvalue weighted by molar-refractivity contribution is 5.33. The van der Waals surface area contributed by atoms with E-state index in [0.717, 1.165) is 18.8 Å². The van der Waals surface area contributed by atoms with Gasteiger partial charge >= 0.3 is 0 Å². The molecule has 0 spiro atoms. The summed E-state index contributed by atoms with van der Waals surface area (Å²) in [5.41, 5.74) is 2.96. The summed E-state index contributed by atoms with van der Waals surface area (Å²) in [6.07, 6.45) is 2.33. The van der Waals surface area contributed by atoms with E-state index >= 15 is 0 Å². The number of unbranched alkanes of at least 4 members (excludes halogenated alkanes) is 1. The van der Waals surface area contributed by atoms with E-state index in [-0.39, 0.29) is 0 Å². The Bertz CT molecular complexity index is 366. The number of quaternary nitrogens is 1. The Labute approximate surface area is 112 Å². The summed E-state index contributed by atoms with van der Waals surface area (Å²) >= 11 is 0. The second-order valence-electron chi connectivity index (χ2n) is 6.16. The molecule has 2 N–H and O–H groups in total. The Balaban J connectivity index is 2.16. The topological polar surface area (TPSA) is 25.8 Å². The van der Waals surface area contributed by atoms with Gasteiger partial charge in [-0.2, -0.15) is 0 Å². The van der Waals surface area contributed by atoms with Gasteiger partial charge in [0.2, 0.25) is 0 Å². The summed E-state index contributed by atoms with van der Waals surface area (Å²) in [5, 5.41) is 2.39. The first-order valence-electron chi connectivity index (χ1n) is 6.93. The molecule has 0 fully saturated rings. The van der Waals surface area contributed by atoms with E-state index in [1.54, 1.807) is 0 Å². The zero-order valence-electron chi connectivity index (χ0n) is 12.5. The predicted octanol–water partition coefficient (Wildman–Crippen LogP) is 2.82. The first-order chi connectivity index (χ1) is 8.38. The van der Waals surface area contributed by atoms with Crippen molar-refractivity contribution >= 4 is 0 Å². The Kier molecular flexibility index (Phi) is 5.67. The molecule has 0 radical (unpaired) electrons. The average molecular weight is 250 g/mol. The zero-order chi connectivity index (χ0) is 13.6. The normalized spacial score (nSPS) is 11.6. The SMILES string of the molecule is Cc1ccc(OCCCC[NH2+]C(C)(C)C)cc1C. The maximum Gasteiger partial charge on any atom is 0.119 e. The smallest absolute Gasteiger partial charge is 0.119 e. The fourth-order valence-electron chi connectivity index (χ4n) is 1.78. The highest BCUT2D eigenvalue weighted by atomic mass is 16.5. The number of benzene rings is 1. The maximum atomic E-state index is 5.76. The minimum atomic E-state index is 0.342. The molecule has 2 heteroatoms. The third kappa shape index (κ3) is 6.06. The van der Waals surface area contributed by atoms with Crippen molar-refractivity contribution in [3.8, 4) is 5.75 Å². The van der Waals surface area contributed by atoms with Crippen LogP contribution in [-0.4, -0.2) is 18.7 Å². The number of rotatable bonds is 6. The molecule has 0 saturated carbocycles. The molecular formula is C16H28NO+.